The molecule has 0 radical (unpaired) electrons. The van der Waals surface area contributed by atoms with Crippen molar-refractivity contribution in [2.45, 2.75) is 89.9 Å². The van der Waals surface area contributed by atoms with Crippen LogP contribution in [0, 0.1) is 23.2 Å². The molecule has 1 heterocycles. The van der Waals surface area contributed by atoms with Gasteiger partial charge in [-0.05, 0) is 92.7 Å². The molecule has 2 aromatic rings. The summed E-state index contributed by atoms with van der Waals surface area (Å²) in [5, 5.41) is 0.564. The predicted molar refractivity (Wildman–Crippen MR) is 149 cm³/mol. The molecule has 4 saturated carbocycles. The quantitative estimate of drug-likeness (QED) is 0.321. The van der Waals surface area contributed by atoms with Gasteiger partial charge in [0, 0.05) is 18.3 Å². The van der Waals surface area contributed by atoms with Gasteiger partial charge in [0.05, 0.1) is 33.4 Å². The third-order valence-corrected chi connectivity index (χ3v) is 10.9. The van der Waals surface area contributed by atoms with Crippen LogP contribution >= 0.6 is 23.2 Å². The third-order valence-electron chi connectivity index (χ3n) is 10.2. The fourth-order valence-corrected chi connectivity index (χ4v) is 8.12. The molecule has 204 valence electrons. The molecule has 4 aliphatic carbocycles. The van der Waals surface area contributed by atoms with Crippen LogP contribution in [-0.4, -0.2) is 33.7 Å². The molecule has 1 unspecified atom stereocenters. The van der Waals surface area contributed by atoms with Crippen molar-refractivity contribution >= 4 is 34.9 Å². The van der Waals surface area contributed by atoms with Gasteiger partial charge in [-0.2, -0.15) is 0 Å². The summed E-state index contributed by atoms with van der Waals surface area (Å²) in [6, 6.07) is 6.95. The minimum absolute atomic E-state index is 0.0581. The van der Waals surface area contributed by atoms with Crippen molar-refractivity contribution in [2.75, 3.05) is 6.54 Å². The summed E-state index contributed by atoms with van der Waals surface area (Å²) in [5.41, 5.74) is 0.0138. The van der Waals surface area contributed by atoms with Crippen LogP contribution in [0.5, 0.6) is 0 Å². The summed E-state index contributed by atoms with van der Waals surface area (Å²) in [5.74, 6) is 1.25. The first-order valence-corrected chi connectivity index (χ1v) is 14.9. The number of nitrogens with zero attached hydrogens (tertiary/aromatic N) is 2. The average molecular weight is 560 g/mol. The highest BCUT2D eigenvalue weighted by Gasteiger charge is 2.63. The monoisotopic (exact) mass is 558 g/mol. The van der Waals surface area contributed by atoms with Crippen LogP contribution in [0.4, 0.5) is 4.39 Å². The van der Waals surface area contributed by atoms with E-state index in [1.54, 1.807) is 29.2 Å². The highest BCUT2D eigenvalue weighted by molar-refractivity contribution is 6.40. The molecule has 38 heavy (non-hydrogen) atoms. The van der Waals surface area contributed by atoms with E-state index in [2.05, 4.69) is 25.3 Å². The predicted octanol–water partition coefficient (Wildman–Crippen LogP) is 8.26. The highest BCUT2D eigenvalue weighted by atomic mass is 35.5. The molecule has 3 atom stereocenters. The number of rotatable bonds is 7. The molecule has 6 rings (SSSR count). The summed E-state index contributed by atoms with van der Waals surface area (Å²) < 4.78 is 18.0. The molecule has 1 aromatic heterocycles. The lowest BCUT2D eigenvalue weighted by atomic mass is 9.87. The molecule has 7 heteroatoms. The van der Waals surface area contributed by atoms with E-state index in [1.807, 2.05) is 6.20 Å². The van der Waals surface area contributed by atoms with Crippen molar-refractivity contribution in [1.82, 2.24) is 9.47 Å². The summed E-state index contributed by atoms with van der Waals surface area (Å²) in [6.07, 6.45) is 8.77. The first-order valence-electron chi connectivity index (χ1n) is 14.2. The van der Waals surface area contributed by atoms with Crippen molar-refractivity contribution in [3.63, 3.8) is 0 Å². The SMILES string of the molecule is CC1CCC(n2ccc(C(=O)N(CC(=O)c3c(Cl)cccc3Cl)C3C[C@@H]4[C@H](C3)C4(C)C)c2C2(F)CC2)CC1. The van der Waals surface area contributed by atoms with Gasteiger partial charge >= 0.3 is 0 Å². The Bertz CT molecular complexity index is 1240. The van der Waals surface area contributed by atoms with E-state index in [0.717, 1.165) is 38.5 Å². The van der Waals surface area contributed by atoms with Crippen LogP contribution in [0.25, 0.3) is 0 Å². The van der Waals surface area contributed by atoms with E-state index < -0.39 is 5.67 Å². The number of fused-ring (bicyclic) bond motifs is 1. The zero-order valence-corrected chi connectivity index (χ0v) is 24.0. The van der Waals surface area contributed by atoms with Gasteiger partial charge in [0.1, 0.15) is 0 Å². The van der Waals surface area contributed by atoms with Gasteiger partial charge in [-0.3, -0.25) is 9.59 Å². The van der Waals surface area contributed by atoms with Gasteiger partial charge in [0.2, 0.25) is 0 Å². The molecule has 0 bridgehead atoms. The second-order valence-corrected chi connectivity index (χ2v) is 13.8. The zero-order chi connectivity index (χ0) is 27.0. The van der Waals surface area contributed by atoms with Crippen LogP contribution in [0.1, 0.15) is 105 Å². The van der Waals surface area contributed by atoms with Gasteiger partial charge in [0.15, 0.2) is 11.5 Å². The maximum Gasteiger partial charge on any atom is 0.256 e. The lowest BCUT2D eigenvalue weighted by molar-refractivity contribution is 0.0613. The maximum absolute atomic E-state index is 15.9. The Morgan fingerprint density at radius 2 is 1.63 bits per heavy atom. The molecular weight excluding hydrogens is 522 g/mol. The van der Waals surface area contributed by atoms with Crippen molar-refractivity contribution in [1.29, 1.82) is 0 Å². The molecule has 0 spiro atoms. The molecule has 4 aliphatic rings. The Labute approximate surface area is 234 Å². The topological polar surface area (TPSA) is 42.3 Å². The molecule has 4 fully saturated rings. The maximum atomic E-state index is 15.9. The summed E-state index contributed by atoms with van der Waals surface area (Å²) in [6.45, 7) is 6.72. The lowest BCUT2D eigenvalue weighted by Gasteiger charge is -2.33. The van der Waals surface area contributed by atoms with Gasteiger partial charge in [0.25, 0.3) is 5.91 Å². The van der Waals surface area contributed by atoms with Gasteiger partial charge in [-0.1, -0.05) is 50.0 Å². The zero-order valence-electron chi connectivity index (χ0n) is 22.5. The minimum Gasteiger partial charge on any atom is -0.345 e. The van der Waals surface area contributed by atoms with Crippen molar-refractivity contribution < 1.29 is 14.0 Å². The second-order valence-electron chi connectivity index (χ2n) is 13.0. The van der Waals surface area contributed by atoms with Crippen molar-refractivity contribution in [2.24, 2.45) is 23.2 Å². The van der Waals surface area contributed by atoms with Crippen molar-refractivity contribution in [3.8, 4) is 0 Å². The summed E-state index contributed by atoms with van der Waals surface area (Å²) >= 11 is 12.7. The number of Topliss-reactive ketones (excluding diaryl/α,β-unsaturated/α-hetero) is 1. The number of hydrogen-bond acceptors (Lipinski definition) is 2. The van der Waals surface area contributed by atoms with E-state index in [4.69, 9.17) is 23.2 Å². The summed E-state index contributed by atoms with van der Waals surface area (Å²) in [4.78, 5) is 29.6. The standard InChI is InChI=1S/C31H37Cl2FN2O2/c1-18-7-9-19(10-8-18)35-14-11-21(28(35)31(34)12-13-31)29(38)36(20-15-22-23(16-20)30(22,2)3)17-26(37)27-24(32)5-4-6-25(27)33/h4-6,11,14,18-20,22-23H,7-10,12-13,15-17H2,1-3H3/t18?,19?,20?,22-,23+. The second kappa shape index (κ2) is 9.37. The summed E-state index contributed by atoms with van der Waals surface area (Å²) in [7, 11) is 0. The van der Waals surface area contributed by atoms with E-state index in [-0.39, 0.29) is 51.3 Å². The first kappa shape index (κ1) is 26.4. The number of ketones is 1. The normalized spacial score (nSPS) is 30.5. The molecule has 1 amide bonds. The minimum atomic E-state index is -1.46. The lowest BCUT2D eigenvalue weighted by Crippen LogP contribution is -2.44. The highest BCUT2D eigenvalue weighted by Crippen LogP contribution is 2.67. The fraction of sp³-hybridized carbons (Fsp3) is 0.613. The van der Waals surface area contributed by atoms with E-state index in [0.29, 0.717) is 41.9 Å². The molecule has 0 saturated heterocycles. The first-order chi connectivity index (χ1) is 18.0. The van der Waals surface area contributed by atoms with Crippen LogP contribution < -0.4 is 0 Å². The van der Waals surface area contributed by atoms with E-state index >= 15 is 4.39 Å². The Morgan fingerprint density at radius 3 is 2.21 bits per heavy atom. The number of aromatic nitrogens is 1. The fourth-order valence-electron chi connectivity index (χ4n) is 7.51. The van der Waals surface area contributed by atoms with Gasteiger partial charge < -0.3 is 9.47 Å². The molecule has 0 aliphatic heterocycles. The number of carbonyl (C=O) groups is 2. The van der Waals surface area contributed by atoms with Crippen LogP contribution in [0.3, 0.4) is 0 Å². The largest absolute Gasteiger partial charge is 0.345 e. The number of hydrogen-bond donors (Lipinski definition) is 0. The number of benzene rings is 1. The Kier molecular flexibility index (Phi) is 6.50. The van der Waals surface area contributed by atoms with E-state index in [1.165, 1.54) is 0 Å². The molecular formula is C31H37Cl2FN2O2. The number of halogens is 3. The van der Waals surface area contributed by atoms with Crippen LogP contribution in [-0.2, 0) is 5.67 Å². The number of carbonyl (C=O) groups excluding carboxylic acids is 2. The smallest absolute Gasteiger partial charge is 0.256 e. The Balaban J connectivity index is 1.34. The van der Waals surface area contributed by atoms with Crippen LogP contribution in [0.2, 0.25) is 10.0 Å². The van der Waals surface area contributed by atoms with Crippen molar-refractivity contribution in [3.05, 3.63) is 57.3 Å². The number of alkyl halides is 1. The van der Waals surface area contributed by atoms with Gasteiger partial charge in [-0.15, -0.1) is 0 Å². The van der Waals surface area contributed by atoms with E-state index in [9.17, 15) is 9.59 Å². The van der Waals surface area contributed by atoms with Gasteiger partial charge in [-0.25, -0.2) is 4.39 Å². The third kappa shape index (κ3) is 4.42. The Hall–Kier alpha value is -1.85. The Morgan fingerprint density at radius 1 is 1.03 bits per heavy atom. The van der Waals surface area contributed by atoms with Crippen LogP contribution in [0.15, 0.2) is 30.5 Å². The molecule has 4 nitrogen and oxygen atoms in total. The average Bonchev–Trinajstić information content (AvgIpc) is 3.50. The number of amides is 1. The molecule has 0 N–H and O–H groups in total. The molecule has 1 aromatic carbocycles.